The van der Waals surface area contributed by atoms with Crippen LogP contribution in [0.2, 0.25) is 24.7 Å². The first-order valence-electron chi connectivity index (χ1n) is 4.13. The van der Waals surface area contributed by atoms with E-state index in [4.69, 9.17) is 0 Å². The van der Waals surface area contributed by atoms with Crippen molar-refractivity contribution >= 4 is 14.0 Å². The predicted octanol–water partition coefficient (Wildman–Crippen LogP) is 2.67. The zero-order valence-electron chi connectivity index (χ0n) is 8.75. The summed E-state index contributed by atoms with van der Waals surface area (Å²) in [7, 11) is -4.00. The van der Waals surface area contributed by atoms with E-state index >= 15 is 0 Å². The maximum atomic E-state index is 12.6. The Labute approximate surface area is 88.8 Å². The average Bonchev–Trinajstić information content (AvgIpc) is 1.71. The molecule has 1 amide bonds. The standard InChI is InChI=1S/C7H11F6NOSi/c1-16(2,3)5(4(14)15,6(8,9)10)7(11,12)13/h1-3H3,(H2,14,15). The van der Waals surface area contributed by atoms with Crippen LogP contribution in [0.25, 0.3) is 0 Å². The number of hydrogen-bond acceptors (Lipinski definition) is 1. The van der Waals surface area contributed by atoms with E-state index in [0.29, 0.717) is 0 Å². The van der Waals surface area contributed by atoms with Crippen molar-refractivity contribution < 1.29 is 31.1 Å². The molecule has 2 nitrogen and oxygen atoms in total. The van der Waals surface area contributed by atoms with Crippen LogP contribution < -0.4 is 5.73 Å². The van der Waals surface area contributed by atoms with Crippen molar-refractivity contribution in [3.8, 4) is 0 Å². The van der Waals surface area contributed by atoms with Gasteiger partial charge in [0.1, 0.15) is 0 Å². The number of carbonyl (C=O) groups excluding carboxylic acids is 1. The van der Waals surface area contributed by atoms with Crippen LogP contribution >= 0.6 is 0 Å². The van der Waals surface area contributed by atoms with Gasteiger partial charge in [-0.1, -0.05) is 19.6 Å². The van der Waals surface area contributed by atoms with Gasteiger partial charge in [-0.2, -0.15) is 26.3 Å². The summed E-state index contributed by atoms with van der Waals surface area (Å²) in [6.07, 6.45) is -11.5. The van der Waals surface area contributed by atoms with Crippen molar-refractivity contribution in [1.29, 1.82) is 0 Å². The normalized spacial score (nSPS) is 15.1. The Bertz CT molecular complexity index is 253. The van der Waals surface area contributed by atoms with Gasteiger partial charge in [0.15, 0.2) is 0 Å². The molecule has 0 aliphatic carbocycles. The molecule has 0 aliphatic heterocycles. The number of primary amides is 1. The molecule has 0 aromatic carbocycles. The second kappa shape index (κ2) is 3.64. The molecule has 0 aromatic rings. The van der Waals surface area contributed by atoms with E-state index < -0.39 is 31.4 Å². The summed E-state index contributed by atoms with van der Waals surface area (Å²) in [5.74, 6) is -2.38. The second-order valence-electron chi connectivity index (χ2n) is 4.36. The lowest BCUT2D eigenvalue weighted by Gasteiger charge is -2.42. The van der Waals surface area contributed by atoms with Gasteiger partial charge in [-0.3, -0.25) is 4.79 Å². The fraction of sp³-hybridized carbons (Fsp3) is 0.857. The third-order valence-electron chi connectivity index (χ3n) is 2.35. The van der Waals surface area contributed by atoms with Crippen molar-refractivity contribution in [2.75, 3.05) is 0 Å². The summed E-state index contributed by atoms with van der Waals surface area (Å²) < 4.78 is 75.8. The number of halogens is 6. The lowest BCUT2D eigenvalue weighted by molar-refractivity contribution is -0.266. The summed E-state index contributed by atoms with van der Waals surface area (Å²) in [4.78, 5) is 10.8. The smallest absolute Gasteiger partial charge is 0.369 e. The molecule has 96 valence electrons. The van der Waals surface area contributed by atoms with Gasteiger partial charge >= 0.3 is 12.4 Å². The average molecular weight is 267 g/mol. The number of hydrogen-bond donors (Lipinski definition) is 1. The molecule has 0 rings (SSSR count). The van der Waals surface area contributed by atoms with Crippen LogP contribution in [0.4, 0.5) is 26.3 Å². The molecule has 0 aromatic heterocycles. The van der Waals surface area contributed by atoms with Crippen LogP contribution in [-0.2, 0) is 4.79 Å². The van der Waals surface area contributed by atoms with E-state index in [1.165, 1.54) is 0 Å². The molecule has 0 radical (unpaired) electrons. The van der Waals surface area contributed by atoms with Gasteiger partial charge in [0, 0.05) is 0 Å². The highest BCUT2D eigenvalue weighted by molar-refractivity contribution is 6.83. The van der Waals surface area contributed by atoms with Gasteiger partial charge in [-0.15, -0.1) is 0 Å². The minimum Gasteiger partial charge on any atom is -0.369 e. The first-order valence-corrected chi connectivity index (χ1v) is 7.63. The highest BCUT2D eigenvalue weighted by Crippen LogP contribution is 2.61. The van der Waals surface area contributed by atoms with Crippen molar-refractivity contribution in [2.45, 2.75) is 37.0 Å². The lowest BCUT2D eigenvalue weighted by Crippen LogP contribution is -2.64. The Morgan fingerprint density at radius 1 is 0.938 bits per heavy atom. The first kappa shape index (κ1) is 15.3. The zero-order valence-corrected chi connectivity index (χ0v) is 9.75. The largest absolute Gasteiger partial charge is 0.409 e. The highest BCUT2D eigenvalue weighted by Gasteiger charge is 2.79. The van der Waals surface area contributed by atoms with Gasteiger partial charge < -0.3 is 5.73 Å². The molecule has 0 saturated carbocycles. The molecule has 0 saturated heterocycles. The summed E-state index contributed by atoms with van der Waals surface area (Å²) in [6, 6.07) is 0. The van der Waals surface area contributed by atoms with E-state index in [1.807, 2.05) is 0 Å². The number of nitrogens with two attached hydrogens (primary N) is 1. The molecule has 9 heteroatoms. The number of rotatable bonds is 2. The van der Waals surface area contributed by atoms with Crippen LogP contribution in [0.5, 0.6) is 0 Å². The Morgan fingerprint density at radius 2 is 1.19 bits per heavy atom. The van der Waals surface area contributed by atoms with Gasteiger partial charge in [0.05, 0.1) is 8.07 Å². The Hall–Kier alpha value is -0.733. The topological polar surface area (TPSA) is 43.1 Å². The highest BCUT2D eigenvalue weighted by atomic mass is 28.3. The van der Waals surface area contributed by atoms with Crippen molar-refractivity contribution in [3.05, 3.63) is 0 Å². The van der Waals surface area contributed by atoms with Crippen molar-refractivity contribution in [2.24, 2.45) is 5.73 Å². The van der Waals surface area contributed by atoms with E-state index in [9.17, 15) is 31.1 Å². The monoisotopic (exact) mass is 267 g/mol. The van der Waals surface area contributed by atoms with Crippen LogP contribution in [0.3, 0.4) is 0 Å². The molecular formula is C7H11F6NOSi. The number of alkyl halides is 6. The number of amides is 1. The van der Waals surface area contributed by atoms with Crippen molar-refractivity contribution in [3.63, 3.8) is 0 Å². The predicted molar refractivity (Wildman–Crippen MR) is 47.3 cm³/mol. The molecule has 0 aliphatic rings. The lowest BCUT2D eigenvalue weighted by atomic mass is 10.1. The number of carbonyl (C=O) groups is 1. The third-order valence-corrected chi connectivity index (χ3v) is 5.41. The zero-order chi connectivity index (χ0) is 13.6. The molecule has 0 atom stereocenters. The fourth-order valence-electron chi connectivity index (χ4n) is 1.66. The second-order valence-corrected chi connectivity index (χ2v) is 9.61. The van der Waals surface area contributed by atoms with E-state index in [1.54, 1.807) is 0 Å². The quantitative estimate of drug-likeness (QED) is 0.606. The summed E-state index contributed by atoms with van der Waals surface area (Å²) in [6.45, 7) is 2.41. The molecule has 0 unspecified atom stereocenters. The van der Waals surface area contributed by atoms with Crippen LogP contribution in [-0.4, -0.2) is 26.3 Å². The van der Waals surface area contributed by atoms with E-state index in [-0.39, 0.29) is 0 Å². The molecule has 0 fully saturated rings. The minimum atomic E-state index is -5.73. The maximum Gasteiger partial charge on any atom is 0.409 e. The fourth-order valence-corrected chi connectivity index (χ4v) is 4.10. The summed E-state index contributed by atoms with van der Waals surface area (Å²) in [5.41, 5.74) is 4.39. The van der Waals surface area contributed by atoms with Gasteiger partial charge in [0.25, 0.3) is 0 Å². The molecule has 2 N–H and O–H groups in total. The van der Waals surface area contributed by atoms with E-state index in [2.05, 4.69) is 5.73 Å². The minimum absolute atomic E-state index is 0.804. The molecule has 16 heavy (non-hydrogen) atoms. The SMILES string of the molecule is C[Si](C)(C)C(C(N)=O)(C(F)(F)F)C(F)(F)F. The molecular weight excluding hydrogens is 256 g/mol. The van der Waals surface area contributed by atoms with Crippen LogP contribution in [0, 0.1) is 0 Å². The van der Waals surface area contributed by atoms with Gasteiger partial charge in [-0.25, -0.2) is 0 Å². The van der Waals surface area contributed by atoms with Crippen LogP contribution in [0.15, 0.2) is 0 Å². The molecule has 0 heterocycles. The van der Waals surface area contributed by atoms with Crippen molar-refractivity contribution in [1.82, 2.24) is 0 Å². The van der Waals surface area contributed by atoms with Gasteiger partial charge in [-0.05, 0) is 0 Å². The summed E-state index contributed by atoms with van der Waals surface area (Å²) >= 11 is 0. The molecule has 0 spiro atoms. The Balaban J connectivity index is 6.17. The van der Waals surface area contributed by atoms with Crippen LogP contribution in [0.1, 0.15) is 0 Å². The first-order chi connectivity index (χ1) is 6.69. The maximum absolute atomic E-state index is 12.6. The van der Waals surface area contributed by atoms with E-state index in [0.717, 1.165) is 19.6 Å². The molecule has 0 bridgehead atoms. The van der Waals surface area contributed by atoms with Gasteiger partial charge in [0.2, 0.25) is 10.9 Å². The Kier molecular flexibility index (Phi) is 3.47. The third kappa shape index (κ3) is 1.92. The summed E-state index contributed by atoms with van der Waals surface area (Å²) in [5, 5.41) is -4.41. The Morgan fingerprint density at radius 3 is 1.19 bits per heavy atom.